The van der Waals surface area contributed by atoms with Gasteiger partial charge in [-0.15, -0.1) is 11.3 Å². The molecule has 0 saturated carbocycles. The summed E-state index contributed by atoms with van der Waals surface area (Å²) in [4.78, 5) is 8.47. The average Bonchev–Trinajstić information content (AvgIpc) is 2.89. The van der Waals surface area contributed by atoms with Crippen LogP contribution in [-0.4, -0.2) is 17.9 Å². The topological polar surface area (TPSA) is 37.3 Å². The molecule has 100 valence electrons. The minimum Gasteiger partial charge on any atom is -0.361 e. The smallest absolute Gasteiger partial charge is 0.158 e. The minimum absolute atomic E-state index is 0.0207. The number of benzene rings is 1. The summed E-state index contributed by atoms with van der Waals surface area (Å²) in [5.41, 5.74) is 0.976. The van der Waals surface area contributed by atoms with Gasteiger partial charge in [-0.1, -0.05) is 29.3 Å². The number of aromatic nitrogens is 1. The van der Waals surface area contributed by atoms with E-state index in [4.69, 9.17) is 23.2 Å². The zero-order chi connectivity index (χ0) is 13.8. The van der Waals surface area contributed by atoms with Crippen molar-refractivity contribution in [2.24, 2.45) is 4.99 Å². The van der Waals surface area contributed by atoms with Crippen LogP contribution in [-0.2, 0) is 0 Å². The fourth-order valence-corrected chi connectivity index (χ4v) is 2.90. The summed E-state index contributed by atoms with van der Waals surface area (Å²) in [5.74, 6) is 0.758. The molecule has 2 rings (SSSR count). The molecule has 1 N–H and O–H groups in total. The van der Waals surface area contributed by atoms with Crippen molar-refractivity contribution in [1.29, 1.82) is 0 Å². The predicted molar refractivity (Wildman–Crippen MR) is 82.6 cm³/mol. The highest BCUT2D eigenvalue weighted by Gasteiger charge is 2.14. The van der Waals surface area contributed by atoms with Crippen LogP contribution in [0.1, 0.15) is 23.5 Å². The molecule has 1 aromatic heterocycles. The van der Waals surface area contributed by atoms with Gasteiger partial charge in [-0.3, -0.25) is 4.99 Å². The van der Waals surface area contributed by atoms with E-state index in [1.807, 2.05) is 24.4 Å². The average molecular weight is 314 g/mol. The van der Waals surface area contributed by atoms with Crippen molar-refractivity contribution < 1.29 is 0 Å². The van der Waals surface area contributed by atoms with Crippen LogP contribution < -0.4 is 5.32 Å². The van der Waals surface area contributed by atoms with Crippen LogP contribution in [0.3, 0.4) is 0 Å². The molecule has 0 aliphatic carbocycles. The second-order valence-electron chi connectivity index (χ2n) is 3.94. The van der Waals surface area contributed by atoms with Crippen LogP contribution in [0.2, 0.25) is 10.0 Å². The van der Waals surface area contributed by atoms with Gasteiger partial charge in [0.05, 0.1) is 6.04 Å². The highest BCUT2D eigenvalue weighted by atomic mass is 35.5. The number of rotatable bonds is 3. The Bertz CT molecular complexity index is 582. The summed E-state index contributed by atoms with van der Waals surface area (Å²) in [7, 11) is 1.74. The van der Waals surface area contributed by atoms with Crippen LogP contribution in [0.15, 0.2) is 34.8 Å². The molecule has 0 radical (unpaired) electrons. The number of aliphatic imine (C=N–C) groups is 1. The molecule has 6 heteroatoms. The number of nitrogens with one attached hydrogen (secondary N) is 1. The summed E-state index contributed by atoms with van der Waals surface area (Å²) in [6.45, 7) is 2.02. The summed E-state index contributed by atoms with van der Waals surface area (Å²) in [5, 5.41) is 7.37. The SMILES string of the molecule is CN=C(N[C@H](C)c1ccc(Cl)cc1Cl)c1nccs1. The van der Waals surface area contributed by atoms with E-state index in [9.17, 15) is 0 Å². The fourth-order valence-electron chi connectivity index (χ4n) is 1.70. The lowest BCUT2D eigenvalue weighted by Gasteiger charge is -2.17. The second-order valence-corrected chi connectivity index (χ2v) is 5.68. The van der Waals surface area contributed by atoms with E-state index in [1.165, 1.54) is 0 Å². The van der Waals surface area contributed by atoms with Crippen LogP contribution in [0.4, 0.5) is 0 Å². The van der Waals surface area contributed by atoms with Crippen molar-refractivity contribution in [2.75, 3.05) is 7.05 Å². The largest absolute Gasteiger partial charge is 0.361 e. The number of thiazole rings is 1. The van der Waals surface area contributed by atoms with E-state index >= 15 is 0 Å². The van der Waals surface area contributed by atoms with E-state index in [-0.39, 0.29) is 6.04 Å². The van der Waals surface area contributed by atoms with E-state index in [0.717, 1.165) is 16.4 Å². The Hall–Kier alpha value is -1.10. The number of hydrogen-bond acceptors (Lipinski definition) is 3. The standard InChI is InChI=1S/C13H13Cl2N3S/c1-8(10-4-3-9(14)7-11(10)15)18-12(16-2)13-17-5-6-19-13/h3-8H,1-2H3,(H,16,18)/t8-/m1/s1. The third-order valence-electron chi connectivity index (χ3n) is 2.64. The van der Waals surface area contributed by atoms with Gasteiger partial charge in [0.2, 0.25) is 0 Å². The van der Waals surface area contributed by atoms with Gasteiger partial charge < -0.3 is 5.32 Å². The van der Waals surface area contributed by atoms with Crippen LogP contribution >= 0.6 is 34.5 Å². The normalized spacial score (nSPS) is 13.4. The number of halogens is 2. The van der Waals surface area contributed by atoms with Crippen molar-refractivity contribution in [3.63, 3.8) is 0 Å². The summed E-state index contributed by atoms with van der Waals surface area (Å²) < 4.78 is 0. The van der Waals surface area contributed by atoms with Crippen molar-refractivity contribution >= 4 is 40.4 Å². The van der Waals surface area contributed by atoms with Crippen LogP contribution in [0, 0.1) is 0 Å². The first kappa shape index (κ1) is 14.3. The molecule has 0 aliphatic rings. The monoisotopic (exact) mass is 313 g/mol. The molecule has 1 heterocycles. The summed E-state index contributed by atoms with van der Waals surface area (Å²) in [6, 6.07) is 5.50. The molecule has 0 bridgehead atoms. The number of hydrogen-bond donors (Lipinski definition) is 1. The molecule has 1 atom stereocenters. The Morgan fingerprint density at radius 1 is 1.42 bits per heavy atom. The summed E-state index contributed by atoms with van der Waals surface area (Å²) in [6.07, 6.45) is 1.76. The van der Waals surface area contributed by atoms with Gasteiger partial charge in [-0.25, -0.2) is 4.98 Å². The highest BCUT2D eigenvalue weighted by Crippen LogP contribution is 2.26. The molecule has 0 saturated heterocycles. The maximum Gasteiger partial charge on any atom is 0.158 e. The Labute approximate surface area is 126 Å². The molecule has 19 heavy (non-hydrogen) atoms. The van der Waals surface area contributed by atoms with Gasteiger partial charge in [0.15, 0.2) is 10.8 Å². The van der Waals surface area contributed by atoms with Gasteiger partial charge >= 0.3 is 0 Å². The van der Waals surface area contributed by atoms with E-state index in [2.05, 4.69) is 15.3 Å². The van der Waals surface area contributed by atoms with Crippen LogP contribution in [0.5, 0.6) is 0 Å². The van der Waals surface area contributed by atoms with Gasteiger partial charge in [-0.05, 0) is 24.6 Å². The second kappa shape index (κ2) is 6.37. The molecule has 0 spiro atoms. The first-order chi connectivity index (χ1) is 9.11. The zero-order valence-electron chi connectivity index (χ0n) is 10.5. The molecule has 1 aromatic carbocycles. The molecular weight excluding hydrogens is 301 g/mol. The minimum atomic E-state index is 0.0207. The molecule has 0 aliphatic heterocycles. The van der Waals surface area contributed by atoms with Gasteiger partial charge in [0, 0.05) is 28.7 Å². The van der Waals surface area contributed by atoms with Crippen LogP contribution in [0.25, 0.3) is 0 Å². The maximum absolute atomic E-state index is 6.20. The Kier molecular flexibility index (Phi) is 4.80. The Morgan fingerprint density at radius 2 is 2.21 bits per heavy atom. The first-order valence-electron chi connectivity index (χ1n) is 5.70. The molecule has 0 fully saturated rings. The third-order valence-corrected chi connectivity index (χ3v) is 3.98. The number of nitrogens with zero attached hydrogens (tertiary/aromatic N) is 2. The predicted octanol–water partition coefficient (Wildman–Crippen LogP) is 4.18. The maximum atomic E-state index is 6.20. The number of amidine groups is 1. The van der Waals surface area contributed by atoms with Gasteiger partial charge in [0.25, 0.3) is 0 Å². The molecule has 2 aromatic rings. The lowest BCUT2D eigenvalue weighted by atomic mass is 10.1. The lowest BCUT2D eigenvalue weighted by molar-refractivity contribution is 0.716. The molecule has 3 nitrogen and oxygen atoms in total. The van der Waals surface area contributed by atoms with E-state index < -0.39 is 0 Å². The Morgan fingerprint density at radius 3 is 2.79 bits per heavy atom. The van der Waals surface area contributed by atoms with Gasteiger partial charge in [0.1, 0.15) is 0 Å². The first-order valence-corrected chi connectivity index (χ1v) is 7.33. The van der Waals surface area contributed by atoms with Gasteiger partial charge in [-0.2, -0.15) is 0 Å². The molecule has 0 amide bonds. The quantitative estimate of drug-likeness (QED) is 0.682. The highest BCUT2D eigenvalue weighted by molar-refractivity contribution is 7.11. The van der Waals surface area contributed by atoms with E-state index in [0.29, 0.717) is 10.0 Å². The lowest BCUT2D eigenvalue weighted by Crippen LogP contribution is -2.27. The summed E-state index contributed by atoms with van der Waals surface area (Å²) >= 11 is 13.6. The van der Waals surface area contributed by atoms with Crippen molar-refractivity contribution in [1.82, 2.24) is 10.3 Å². The van der Waals surface area contributed by atoms with E-state index in [1.54, 1.807) is 30.6 Å². The fraction of sp³-hybridized carbons (Fsp3) is 0.231. The molecular formula is C13H13Cl2N3S. The van der Waals surface area contributed by atoms with Crippen molar-refractivity contribution in [2.45, 2.75) is 13.0 Å². The van der Waals surface area contributed by atoms with Crippen molar-refractivity contribution in [3.05, 3.63) is 50.4 Å². The Balaban J connectivity index is 2.18. The third kappa shape index (κ3) is 3.47. The van der Waals surface area contributed by atoms with Crippen molar-refractivity contribution in [3.8, 4) is 0 Å². The molecule has 0 unspecified atom stereocenters. The zero-order valence-corrected chi connectivity index (χ0v) is 12.9.